The Hall–Kier alpha value is -1.09. The Morgan fingerprint density at radius 2 is 2.16 bits per heavy atom. The van der Waals surface area contributed by atoms with Crippen molar-refractivity contribution in [2.75, 3.05) is 6.54 Å². The summed E-state index contributed by atoms with van der Waals surface area (Å²) in [6.07, 6.45) is 6.26. The number of pyridine rings is 1. The number of amides is 1. The molecule has 1 heterocycles. The minimum Gasteiger partial charge on any atom is -0.335 e. The van der Waals surface area contributed by atoms with E-state index in [2.05, 4.69) is 18.8 Å². The van der Waals surface area contributed by atoms with Crippen molar-refractivity contribution in [3.8, 4) is 0 Å². The first-order valence-electron chi connectivity index (χ1n) is 7.01. The van der Waals surface area contributed by atoms with E-state index in [4.69, 9.17) is 11.6 Å². The second kappa shape index (κ2) is 6.38. The molecule has 0 atom stereocenters. The molecule has 4 heteroatoms. The summed E-state index contributed by atoms with van der Waals surface area (Å²) in [4.78, 5) is 18.7. The van der Waals surface area contributed by atoms with Crippen molar-refractivity contribution in [3.05, 3.63) is 29.0 Å². The van der Waals surface area contributed by atoms with Gasteiger partial charge in [-0.05, 0) is 30.9 Å². The number of carbonyl (C=O) groups is 1. The van der Waals surface area contributed by atoms with E-state index in [-0.39, 0.29) is 5.91 Å². The molecule has 0 aliphatic heterocycles. The molecule has 0 bridgehead atoms. The largest absolute Gasteiger partial charge is 0.335 e. The summed E-state index contributed by atoms with van der Waals surface area (Å²) >= 11 is 6.05. The molecule has 0 aromatic carbocycles. The number of hydrogen-bond donors (Lipinski definition) is 0. The number of nitrogens with zero attached hydrogens (tertiary/aromatic N) is 2. The van der Waals surface area contributed by atoms with E-state index in [0.29, 0.717) is 22.7 Å². The standard InChI is InChI=1S/C15H21ClN2O/c1-11(2)10-18(12-6-3-4-7-12)15(19)13-8-5-9-17-14(13)16/h5,8-9,11-12H,3-4,6-7,10H2,1-2H3. The fourth-order valence-electron chi connectivity index (χ4n) is 2.71. The van der Waals surface area contributed by atoms with Gasteiger partial charge in [-0.2, -0.15) is 0 Å². The molecule has 1 saturated carbocycles. The van der Waals surface area contributed by atoms with Crippen LogP contribution in [0.1, 0.15) is 49.9 Å². The molecule has 1 aromatic heterocycles. The zero-order valence-electron chi connectivity index (χ0n) is 11.6. The van der Waals surface area contributed by atoms with Crippen molar-refractivity contribution in [1.29, 1.82) is 0 Å². The molecule has 0 unspecified atom stereocenters. The molecule has 1 aliphatic carbocycles. The number of hydrogen-bond acceptors (Lipinski definition) is 2. The minimum atomic E-state index is 0.0266. The van der Waals surface area contributed by atoms with Gasteiger partial charge in [-0.15, -0.1) is 0 Å². The van der Waals surface area contributed by atoms with Crippen molar-refractivity contribution >= 4 is 17.5 Å². The van der Waals surface area contributed by atoms with Gasteiger partial charge in [-0.25, -0.2) is 4.98 Å². The Balaban J connectivity index is 2.22. The second-order valence-corrected chi connectivity index (χ2v) is 5.99. The molecule has 0 radical (unpaired) electrons. The summed E-state index contributed by atoms with van der Waals surface area (Å²) in [7, 11) is 0. The fourth-order valence-corrected chi connectivity index (χ4v) is 2.91. The van der Waals surface area contributed by atoms with Crippen LogP contribution in [0, 0.1) is 5.92 Å². The lowest BCUT2D eigenvalue weighted by molar-refractivity contribution is 0.0655. The molecule has 19 heavy (non-hydrogen) atoms. The smallest absolute Gasteiger partial charge is 0.257 e. The summed E-state index contributed by atoms with van der Waals surface area (Å²) in [5.41, 5.74) is 0.525. The SMILES string of the molecule is CC(C)CN(C(=O)c1cccnc1Cl)C1CCCC1. The molecular weight excluding hydrogens is 260 g/mol. The van der Waals surface area contributed by atoms with Crippen LogP contribution in [-0.4, -0.2) is 28.4 Å². The van der Waals surface area contributed by atoms with Crippen LogP contribution >= 0.6 is 11.6 Å². The highest BCUT2D eigenvalue weighted by Gasteiger charge is 2.28. The lowest BCUT2D eigenvalue weighted by Crippen LogP contribution is -2.41. The van der Waals surface area contributed by atoms with E-state index in [9.17, 15) is 4.79 Å². The molecule has 1 fully saturated rings. The first kappa shape index (κ1) is 14.3. The Morgan fingerprint density at radius 1 is 1.47 bits per heavy atom. The number of rotatable bonds is 4. The lowest BCUT2D eigenvalue weighted by atomic mass is 10.1. The molecular formula is C15H21ClN2O. The summed E-state index contributed by atoms with van der Waals surface area (Å²) < 4.78 is 0. The van der Waals surface area contributed by atoms with E-state index in [1.807, 2.05) is 4.90 Å². The molecule has 1 aliphatic rings. The predicted molar refractivity (Wildman–Crippen MR) is 77.4 cm³/mol. The van der Waals surface area contributed by atoms with Crippen molar-refractivity contribution in [1.82, 2.24) is 9.88 Å². The van der Waals surface area contributed by atoms with Crippen LogP contribution in [0.3, 0.4) is 0 Å². The van der Waals surface area contributed by atoms with Crippen molar-refractivity contribution in [2.45, 2.75) is 45.6 Å². The van der Waals surface area contributed by atoms with E-state index in [0.717, 1.165) is 19.4 Å². The molecule has 104 valence electrons. The molecule has 3 nitrogen and oxygen atoms in total. The molecule has 1 aromatic rings. The zero-order valence-corrected chi connectivity index (χ0v) is 12.4. The van der Waals surface area contributed by atoms with Gasteiger partial charge in [0, 0.05) is 18.8 Å². The summed E-state index contributed by atoms with van der Waals surface area (Å²) in [5, 5.41) is 0.305. The number of aromatic nitrogens is 1. The Labute approximate surface area is 120 Å². The van der Waals surface area contributed by atoms with Crippen LogP contribution in [0.2, 0.25) is 5.15 Å². The normalized spacial score (nSPS) is 16.0. The van der Waals surface area contributed by atoms with Gasteiger partial charge in [0.2, 0.25) is 0 Å². The summed E-state index contributed by atoms with van der Waals surface area (Å²) in [6.45, 7) is 5.06. The first-order chi connectivity index (χ1) is 9.09. The summed E-state index contributed by atoms with van der Waals surface area (Å²) in [6, 6.07) is 3.90. The molecule has 1 amide bonds. The van der Waals surface area contributed by atoms with Gasteiger partial charge >= 0.3 is 0 Å². The van der Waals surface area contributed by atoms with Crippen LogP contribution < -0.4 is 0 Å². The van der Waals surface area contributed by atoms with Gasteiger partial charge < -0.3 is 4.90 Å². The van der Waals surface area contributed by atoms with Gasteiger partial charge in [0.15, 0.2) is 0 Å². The highest BCUT2D eigenvalue weighted by molar-refractivity contribution is 6.32. The minimum absolute atomic E-state index is 0.0266. The van der Waals surface area contributed by atoms with E-state index >= 15 is 0 Å². The first-order valence-corrected chi connectivity index (χ1v) is 7.39. The maximum absolute atomic E-state index is 12.7. The van der Waals surface area contributed by atoms with Crippen LogP contribution in [-0.2, 0) is 0 Å². The summed E-state index contributed by atoms with van der Waals surface area (Å²) in [5.74, 6) is 0.485. The molecule has 0 N–H and O–H groups in total. The quantitative estimate of drug-likeness (QED) is 0.787. The van der Waals surface area contributed by atoms with Crippen LogP contribution in [0.15, 0.2) is 18.3 Å². The van der Waals surface area contributed by atoms with Crippen molar-refractivity contribution in [2.24, 2.45) is 5.92 Å². The Bertz CT molecular complexity index is 442. The predicted octanol–water partition coefficient (Wildman–Crippen LogP) is 3.78. The molecule has 0 saturated heterocycles. The highest BCUT2D eigenvalue weighted by Crippen LogP contribution is 2.26. The third kappa shape index (κ3) is 3.47. The van der Waals surface area contributed by atoms with Crippen molar-refractivity contribution < 1.29 is 4.79 Å². The van der Waals surface area contributed by atoms with E-state index in [1.165, 1.54) is 12.8 Å². The van der Waals surface area contributed by atoms with Gasteiger partial charge in [0.25, 0.3) is 5.91 Å². The average Bonchev–Trinajstić information content (AvgIpc) is 2.89. The maximum Gasteiger partial charge on any atom is 0.257 e. The average molecular weight is 281 g/mol. The number of carbonyl (C=O) groups excluding carboxylic acids is 1. The Kier molecular flexibility index (Phi) is 4.81. The van der Waals surface area contributed by atoms with Gasteiger partial charge in [0.1, 0.15) is 5.15 Å². The van der Waals surface area contributed by atoms with Crippen LogP contribution in [0.25, 0.3) is 0 Å². The number of halogens is 1. The maximum atomic E-state index is 12.7. The molecule has 2 rings (SSSR count). The molecule has 0 spiro atoms. The topological polar surface area (TPSA) is 33.2 Å². The zero-order chi connectivity index (χ0) is 13.8. The van der Waals surface area contributed by atoms with Crippen LogP contribution in [0.4, 0.5) is 0 Å². The monoisotopic (exact) mass is 280 g/mol. The van der Waals surface area contributed by atoms with Gasteiger partial charge in [-0.1, -0.05) is 38.3 Å². The van der Waals surface area contributed by atoms with E-state index < -0.39 is 0 Å². The highest BCUT2D eigenvalue weighted by atomic mass is 35.5. The van der Waals surface area contributed by atoms with Gasteiger partial charge in [-0.3, -0.25) is 4.79 Å². The Morgan fingerprint density at radius 3 is 2.74 bits per heavy atom. The fraction of sp³-hybridized carbons (Fsp3) is 0.600. The second-order valence-electron chi connectivity index (χ2n) is 5.63. The third-order valence-corrected chi connectivity index (χ3v) is 3.88. The van der Waals surface area contributed by atoms with Crippen molar-refractivity contribution in [3.63, 3.8) is 0 Å². The van der Waals surface area contributed by atoms with Crippen LogP contribution in [0.5, 0.6) is 0 Å². The lowest BCUT2D eigenvalue weighted by Gasteiger charge is -2.30. The van der Waals surface area contributed by atoms with Gasteiger partial charge in [0.05, 0.1) is 5.56 Å². The third-order valence-electron chi connectivity index (χ3n) is 3.58. The van der Waals surface area contributed by atoms with E-state index in [1.54, 1.807) is 18.3 Å².